The number of hydrogen-bond donors (Lipinski definition) is 0. The summed E-state index contributed by atoms with van der Waals surface area (Å²) >= 11 is 0. The van der Waals surface area contributed by atoms with Crippen molar-refractivity contribution >= 4 is 0 Å². The lowest BCUT2D eigenvalue weighted by molar-refractivity contribution is 0.440. The van der Waals surface area contributed by atoms with Crippen LogP contribution in [-0.4, -0.2) is 19.9 Å². The van der Waals surface area contributed by atoms with E-state index in [4.69, 9.17) is 19.7 Å². The van der Waals surface area contributed by atoms with Gasteiger partial charge in [0.2, 0.25) is 0 Å². The molecular formula is C51H32N4O. The molecule has 3 heterocycles. The number of rotatable bonds is 5. The molecule has 11 rings (SSSR count). The largest absolute Gasteiger partial charge is 0.455 e. The van der Waals surface area contributed by atoms with Gasteiger partial charge in [0.25, 0.3) is 0 Å². The molecule has 0 saturated carbocycles. The molecule has 0 fully saturated rings. The maximum atomic E-state index is 7.30. The molecule has 0 unspecified atom stereocenters. The number of fused-ring (bicyclic) bond motifs is 9. The molecule has 2 aliphatic rings. The summed E-state index contributed by atoms with van der Waals surface area (Å²) in [4.78, 5) is 19.5. The highest BCUT2D eigenvalue weighted by Gasteiger charge is 2.51. The zero-order valence-electron chi connectivity index (χ0n) is 30.2. The summed E-state index contributed by atoms with van der Waals surface area (Å²) in [5, 5.41) is 0. The van der Waals surface area contributed by atoms with Crippen LogP contribution in [0.15, 0.2) is 194 Å². The van der Waals surface area contributed by atoms with Crippen molar-refractivity contribution in [2.75, 3.05) is 0 Å². The maximum absolute atomic E-state index is 7.30. The standard InChI is InChI=1S/C51H32N4O/c1-3-15-33(16-4-1)48-53-49(34-17-5-2-6-18-34)55-50(54-48)36-20-11-19-35(31-36)38-24-12-28-44-46(38)56-47-39(37-21-14-30-52-32-37)25-13-29-45(47)51(44)42-26-9-7-22-40(42)41-23-8-10-27-43(41)51/h1-32H. The Bertz CT molecular complexity index is 2840. The van der Waals surface area contributed by atoms with Crippen molar-refractivity contribution in [2.45, 2.75) is 5.41 Å². The minimum Gasteiger partial charge on any atom is -0.455 e. The number of pyridine rings is 1. The number of hydrogen-bond acceptors (Lipinski definition) is 5. The van der Waals surface area contributed by atoms with Gasteiger partial charge in [-0.1, -0.05) is 170 Å². The van der Waals surface area contributed by atoms with E-state index in [0.29, 0.717) is 17.5 Å². The van der Waals surface area contributed by atoms with E-state index in [1.165, 1.54) is 22.3 Å². The molecule has 56 heavy (non-hydrogen) atoms. The van der Waals surface area contributed by atoms with E-state index in [-0.39, 0.29) is 0 Å². The Morgan fingerprint density at radius 3 is 1.34 bits per heavy atom. The molecule has 0 N–H and O–H groups in total. The molecule has 5 nitrogen and oxygen atoms in total. The van der Waals surface area contributed by atoms with Crippen LogP contribution in [0.25, 0.3) is 67.5 Å². The van der Waals surface area contributed by atoms with Gasteiger partial charge in [-0.3, -0.25) is 4.98 Å². The van der Waals surface area contributed by atoms with Crippen LogP contribution in [-0.2, 0) is 5.41 Å². The van der Waals surface area contributed by atoms with E-state index < -0.39 is 5.41 Å². The van der Waals surface area contributed by atoms with E-state index in [1.807, 2.05) is 79.1 Å². The van der Waals surface area contributed by atoms with Gasteiger partial charge < -0.3 is 4.74 Å². The average Bonchev–Trinajstić information content (AvgIpc) is 3.57. The molecule has 1 aliphatic heterocycles. The number of benzene rings is 7. The summed E-state index contributed by atoms with van der Waals surface area (Å²) in [6.07, 6.45) is 3.72. The summed E-state index contributed by atoms with van der Waals surface area (Å²) in [5.74, 6) is 3.51. The third kappa shape index (κ3) is 4.88. The van der Waals surface area contributed by atoms with E-state index in [9.17, 15) is 0 Å². The number of nitrogens with zero attached hydrogens (tertiary/aromatic N) is 4. The number of aromatic nitrogens is 4. The summed E-state index contributed by atoms with van der Waals surface area (Å²) < 4.78 is 7.30. The molecule has 2 aromatic heterocycles. The van der Waals surface area contributed by atoms with Gasteiger partial charge in [-0.25, -0.2) is 15.0 Å². The summed E-state index contributed by atoms with van der Waals surface area (Å²) in [5.41, 5.74) is 13.3. The SMILES string of the molecule is c1ccc(-c2nc(-c3ccccc3)nc(-c3cccc(-c4cccc5c4Oc4c(-c6cccnc6)cccc4C54c5ccccc5-c5ccccc54)c3)n2)cc1. The van der Waals surface area contributed by atoms with Gasteiger partial charge in [-0.05, 0) is 39.9 Å². The normalized spacial score (nSPS) is 12.9. The van der Waals surface area contributed by atoms with E-state index in [1.54, 1.807) is 0 Å². The lowest BCUT2D eigenvalue weighted by Gasteiger charge is -2.40. The fourth-order valence-electron chi connectivity index (χ4n) is 8.69. The molecule has 0 saturated heterocycles. The Morgan fingerprint density at radius 1 is 0.339 bits per heavy atom. The van der Waals surface area contributed by atoms with Gasteiger partial charge >= 0.3 is 0 Å². The first-order valence-corrected chi connectivity index (χ1v) is 18.8. The second-order valence-corrected chi connectivity index (χ2v) is 14.2. The molecule has 0 radical (unpaired) electrons. The number of para-hydroxylation sites is 2. The zero-order valence-corrected chi connectivity index (χ0v) is 30.2. The molecule has 0 atom stereocenters. The summed E-state index contributed by atoms with van der Waals surface area (Å²) in [6.45, 7) is 0. The topological polar surface area (TPSA) is 60.8 Å². The lowest BCUT2D eigenvalue weighted by Crippen LogP contribution is -2.32. The van der Waals surface area contributed by atoms with Gasteiger partial charge in [-0.2, -0.15) is 0 Å². The molecule has 262 valence electrons. The van der Waals surface area contributed by atoms with Crippen molar-refractivity contribution < 1.29 is 4.74 Å². The van der Waals surface area contributed by atoms with Gasteiger partial charge in [0, 0.05) is 56.9 Å². The van der Waals surface area contributed by atoms with Crippen molar-refractivity contribution in [2.24, 2.45) is 0 Å². The average molecular weight is 717 g/mol. The summed E-state index contributed by atoms with van der Waals surface area (Å²) in [6, 6.07) is 63.4. The third-order valence-electron chi connectivity index (χ3n) is 11.1. The lowest BCUT2D eigenvalue weighted by atomic mass is 9.65. The highest BCUT2D eigenvalue weighted by Crippen LogP contribution is 2.64. The minimum absolute atomic E-state index is 0.601. The maximum Gasteiger partial charge on any atom is 0.164 e. The first-order valence-electron chi connectivity index (χ1n) is 18.8. The van der Waals surface area contributed by atoms with Crippen molar-refractivity contribution in [3.05, 3.63) is 217 Å². The fourth-order valence-corrected chi connectivity index (χ4v) is 8.69. The predicted octanol–water partition coefficient (Wildman–Crippen LogP) is 12.1. The van der Waals surface area contributed by atoms with E-state index >= 15 is 0 Å². The molecular weight excluding hydrogens is 685 g/mol. The van der Waals surface area contributed by atoms with Crippen LogP contribution in [0.1, 0.15) is 22.3 Å². The van der Waals surface area contributed by atoms with Crippen LogP contribution in [0, 0.1) is 0 Å². The Balaban J connectivity index is 1.15. The smallest absolute Gasteiger partial charge is 0.164 e. The zero-order chi connectivity index (χ0) is 37.1. The van der Waals surface area contributed by atoms with Crippen molar-refractivity contribution in [1.29, 1.82) is 0 Å². The van der Waals surface area contributed by atoms with Gasteiger partial charge in [0.15, 0.2) is 17.5 Å². The predicted molar refractivity (Wildman–Crippen MR) is 222 cm³/mol. The van der Waals surface area contributed by atoms with Crippen LogP contribution in [0.2, 0.25) is 0 Å². The molecule has 9 aromatic rings. The Kier molecular flexibility index (Phi) is 7.32. The van der Waals surface area contributed by atoms with Crippen LogP contribution in [0.3, 0.4) is 0 Å². The van der Waals surface area contributed by atoms with Gasteiger partial charge in [-0.15, -0.1) is 0 Å². The second kappa shape index (κ2) is 12.8. The highest BCUT2D eigenvalue weighted by atomic mass is 16.5. The Hall–Kier alpha value is -7.50. The first-order chi connectivity index (χ1) is 27.8. The Morgan fingerprint density at radius 2 is 0.768 bits per heavy atom. The molecule has 1 aliphatic carbocycles. The molecule has 0 amide bonds. The van der Waals surface area contributed by atoms with Crippen molar-refractivity contribution in [3.8, 4) is 79.0 Å². The molecule has 0 bridgehead atoms. The molecule has 1 spiro atoms. The highest BCUT2D eigenvalue weighted by molar-refractivity contribution is 5.92. The molecule has 7 aromatic carbocycles. The third-order valence-corrected chi connectivity index (χ3v) is 11.1. The summed E-state index contributed by atoms with van der Waals surface area (Å²) in [7, 11) is 0. The monoisotopic (exact) mass is 716 g/mol. The van der Waals surface area contributed by atoms with Crippen molar-refractivity contribution in [1.82, 2.24) is 19.9 Å². The van der Waals surface area contributed by atoms with E-state index in [2.05, 4.69) is 120 Å². The fraction of sp³-hybridized carbons (Fsp3) is 0.0196. The minimum atomic E-state index is -0.620. The number of ether oxygens (including phenoxy) is 1. The van der Waals surface area contributed by atoms with Crippen LogP contribution >= 0.6 is 0 Å². The van der Waals surface area contributed by atoms with Crippen LogP contribution < -0.4 is 4.74 Å². The van der Waals surface area contributed by atoms with Crippen LogP contribution in [0.5, 0.6) is 11.5 Å². The van der Waals surface area contributed by atoms with E-state index in [0.717, 1.165) is 61.6 Å². The first kappa shape index (κ1) is 32.0. The van der Waals surface area contributed by atoms with Crippen LogP contribution in [0.4, 0.5) is 0 Å². The quantitative estimate of drug-likeness (QED) is 0.177. The molecule has 5 heteroatoms. The van der Waals surface area contributed by atoms with Gasteiger partial charge in [0.05, 0.1) is 5.41 Å². The Labute approximate surface area is 324 Å². The van der Waals surface area contributed by atoms with Crippen molar-refractivity contribution in [3.63, 3.8) is 0 Å². The second-order valence-electron chi connectivity index (χ2n) is 14.2. The van der Waals surface area contributed by atoms with Gasteiger partial charge in [0.1, 0.15) is 11.5 Å².